The molecule has 0 amide bonds. The van der Waals surface area contributed by atoms with E-state index >= 15 is 0 Å². The molecule has 90 valence electrons. The Hall–Kier alpha value is -1.02. The van der Waals surface area contributed by atoms with Gasteiger partial charge in [-0.25, -0.2) is 0 Å². The third-order valence-corrected chi connectivity index (χ3v) is 3.09. The molecule has 0 spiro atoms. The first-order valence-corrected chi connectivity index (χ1v) is 6.13. The van der Waals surface area contributed by atoms with Gasteiger partial charge in [-0.3, -0.25) is 0 Å². The maximum atomic E-state index is 9.61. The van der Waals surface area contributed by atoms with Crippen LogP contribution < -0.4 is 5.32 Å². The molecule has 0 saturated carbocycles. The number of benzene rings is 1. The van der Waals surface area contributed by atoms with Crippen molar-refractivity contribution < 1.29 is 5.11 Å². The Kier molecular flexibility index (Phi) is 5.33. The fourth-order valence-electron chi connectivity index (χ4n) is 1.80. The Labute approximate surface area is 98.7 Å². The molecule has 0 heterocycles. The van der Waals surface area contributed by atoms with Gasteiger partial charge in [0.25, 0.3) is 0 Å². The summed E-state index contributed by atoms with van der Waals surface area (Å²) in [5.41, 5.74) is 0.971. The maximum Gasteiger partial charge on any atom is 0.120 e. The van der Waals surface area contributed by atoms with Crippen LogP contribution in [0.4, 0.5) is 0 Å². The van der Waals surface area contributed by atoms with E-state index in [2.05, 4.69) is 26.1 Å². The van der Waals surface area contributed by atoms with Gasteiger partial charge in [0, 0.05) is 18.2 Å². The molecule has 0 aromatic heterocycles. The molecule has 1 rings (SSSR count). The van der Waals surface area contributed by atoms with Gasteiger partial charge < -0.3 is 10.4 Å². The number of aromatic hydroxyl groups is 1. The van der Waals surface area contributed by atoms with Crippen molar-refractivity contribution in [3.05, 3.63) is 29.8 Å². The number of para-hydroxylation sites is 1. The molecule has 0 aliphatic heterocycles. The maximum absolute atomic E-state index is 9.61. The van der Waals surface area contributed by atoms with E-state index in [9.17, 15) is 5.11 Å². The highest BCUT2D eigenvalue weighted by atomic mass is 16.3. The second-order valence-electron chi connectivity index (χ2n) is 4.66. The number of hydrogen-bond donors (Lipinski definition) is 2. The number of phenolic OH excluding ortho intramolecular Hbond substituents is 1. The van der Waals surface area contributed by atoms with Gasteiger partial charge in [0.1, 0.15) is 5.75 Å². The number of phenols is 1. The van der Waals surface area contributed by atoms with E-state index in [-0.39, 0.29) is 0 Å². The minimum Gasteiger partial charge on any atom is -0.508 e. The average Bonchev–Trinajstić information content (AvgIpc) is 2.28. The number of nitrogens with one attached hydrogen (secondary N) is 1. The Morgan fingerprint density at radius 2 is 1.94 bits per heavy atom. The summed E-state index contributed by atoms with van der Waals surface area (Å²) in [5.74, 6) is 1.14. The molecule has 2 nitrogen and oxygen atoms in total. The van der Waals surface area contributed by atoms with Gasteiger partial charge >= 0.3 is 0 Å². The Morgan fingerprint density at radius 3 is 2.56 bits per heavy atom. The van der Waals surface area contributed by atoms with Crippen molar-refractivity contribution in [1.29, 1.82) is 0 Å². The van der Waals surface area contributed by atoms with E-state index in [1.165, 1.54) is 12.8 Å². The third kappa shape index (κ3) is 4.23. The van der Waals surface area contributed by atoms with Crippen LogP contribution in [-0.2, 0) is 6.54 Å². The van der Waals surface area contributed by atoms with E-state index < -0.39 is 0 Å². The number of hydrogen-bond acceptors (Lipinski definition) is 2. The van der Waals surface area contributed by atoms with Gasteiger partial charge in [0.15, 0.2) is 0 Å². The molecular formula is C14H23NO. The molecule has 0 saturated heterocycles. The standard InChI is InChI=1S/C14H23NO/c1-4-11(2)9-12(3)15-10-13-7-5-6-8-14(13)16/h5-8,11-12,15-16H,4,9-10H2,1-3H3. The normalized spacial score (nSPS) is 14.7. The average molecular weight is 221 g/mol. The van der Waals surface area contributed by atoms with Crippen molar-refractivity contribution >= 4 is 0 Å². The molecule has 16 heavy (non-hydrogen) atoms. The van der Waals surface area contributed by atoms with Crippen LogP contribution in [0.1, 0.15) is 39.2 Å². The van der Waals surface area contributed by atoms with Crippen LogP contribution in [0.25, 0.3) is 0 Å². The zero-order valence-electron chi connectivity index (χ0n) is 10.5. The van der Waals surface area contributed by atoms with Gasteiger partial charge in [-0.05, 0) is 25.3 Å². The highest BCUT2D eigenvalue weighted by Crippen LogP contribution is 2.16. The second kappa shape index (κ2) is 6.54. The van der Waals surface area contributed by atoms with Crippen LogP contribution in [-0.4, -0.2) is 11.1 Å². The van der Waals surface area contributed by atoms with Crippen molar-refractivity contribution in [3.63, 3.8) is 0 Å². The molecule has 2 unspecified atom stereocenters. The van der Waals surface area contributed by atoms with Gasteiger partial charge in [-0.15, -0.1) is 0 Å². The lowest BCUT2D eigenvalue weighted by Gasteiger charge is -2.17. The number of rotatable bonds is 6. The second-order valence-corrected chi connectivity index (χ2v) is 4.66. The smallest absolute Gasteiger partial charge is 0.120 e. The summed E-state index contributed by atoms with van der Waals surface area (Å²) in [6, 6.07) is 7.99. The zero-order valence-corrected chi connectivity index (χ0v) is 10.5. The monoisotopic (exact) mass is 221 g/mol. The van der Waals surface area contributed by atoms with Gasteiger partial charge in [-0.2, -0.15) is 0 Å². The molecule has 0 bridgehead atoms. The minimum absolute atomic E-state index is 0.380. The SMILES string of the molecule is CCC(C)CC(C)NCc1ccccc1O. The first-order valence-electron chi connectivity index (χ1n) is 6.13. The van der Waals surface area contributed by atoms with Crippen molar-refractivity contribution in [1.82, 2.24) is 5.32 Å². The molecule has 1 aromatic rings. The highest BCUT2D eigenvalue weighted by molar-refractivity contribution is 5.31. The van der Waals surface area contributed by atoms with Gasteiger partial charge in [0.05, 0.1) is 0 Å². The Bertz CT molecular complexity index is 311. The van der Waals surface area contributed by atoms with E-state index in [0.29, 0.717) is 11.8 Å². The fourth-order valence-corrected chi connectivity index (χ4v) is 1.80. The van der Waals surface area contributed by atoms with Crippen molar-refractivity contribution in [2.45, 2.75) is 46.2 Å². The molecule has 0 aliphatic carbocycles. The zero-order chi connectivity index (χ0) is 12.0. The predicted molar refractivity (Wildman–Crippen MR) is 68.5 cm³/mol. The topological polar surface area (TPSA) is 32.3 Å². The Balaban J connectivity index is 2.37. The molecule has 0 aliphatic rings. The third-order valence-electron chi connectivity index (χ3n) is 3.09. The summed E-state index contributed by atoms with van der Waals surface area (Å²) < 4.78 is 0. The van der Waals surface area contributed by atoms with Crippen molar-refractivity contribution in [3.8, 4) is 5.75 Å². The van der Waals surface area contributed by atoms with Crippen LogP contribution in [0.15, 0.2) is 24.3 Å². The van der Waals surface area contributed by atoms with Crippen molar-refractivity contribution in [2.24, 2.45) is 5.92 Å². The molecule has 2 heteroatoms. The predicted octanol–water partition coefficient (Wildman–Crippen LogP) is 3.31. The van der Waals surface area contributed by atoms with E-state index in [0.717, 1.165) is 18.0 Å². The summed E-state index contributed by atoms with van der Waals surface area (Å²) in [6.45, 7) is 7.44. The van der Waals surface area contributed by atoms with Crippen LogP contribution in [0.2, 0.25) is 0 Å². The van der Waals surface area contributed by atoms with Crippen LogP contribution in [0.3, 0.4) is 0 Å². The van der Waals surface area contributed by atoms with E-state index in [1.54, 1.807) is 6.07 Å². The van der Waals surface area contributed by atoms with Crippen LogP contribution in [0, 0.1) is 5.92 Å². The van der Waals surface area contributed by atoms with E-state index in [1.807, 2.05) is 18.2 Å². The van der Waals surface area contributed by atoms with Crippen molar-refractivity contribution in [2.75, 3.05) is 0 Å². The van der Waals surface area contributed by atoms with Gasteiger partial charge in [-0.1, -0.05) is 38.5 Å². The lowest BCUT2D eigenvalue weighted by atomic mass is 10.0. The summed E-state index contributed by atoms with van der Waals surface area (Å²) in [4.78, 5) is 0. The molecular weight excluding hydrogens is 198 g/mol. The van der Waals surface area contributed by atoms with Crippen LogP contribution >= 0.6 is 0 Å². The highest BCUT2D eigenvalue weighted by Gasteiger charge is 2.07. The largest absolute Gasteiger partial charge is 0.508 e. The first kappa shape index (κ1) is 13.0. The molecule has 1 aromatic carbocycles. The summed E-state index contributed by atoms with van der Waals surface area (Å²) in [6.07, 6.45) is 2.41. The fraction of sp³-hybridized carbons (Fsp3) is 0.571. The first-order chi connectivity index (χ1) is 7.63. The molecule has 2 atom stereocenters. The Morgan fingerprint density at radius 1 is 1.25 bits per heavy atom. The van der Waals surface area contributed by atoms with Gasteiger partial charge in [0.2, 0.25) is 0 Å². The lowest BCUT2D eigenvalue weighted by Crippen LogP contribution is -2.27. The summed E-state index contributed by atoms with van der Waals surface area (Å²) in [7, 11) is 0. The molecule has 0 fully saturated rings. The van der Waals surface area contributed by atoms with Crippen LogP contribution in [0.5, 0.6) is 5.75 Å². The lowest BCUT2D eigenvalue weighted by molar-refractivity contribution is 0.406. The summed E-state index contributed by atoms with van der Waals surface area (Å²) in [5, 5.41) is 13.1. The molecule has 2 N–H and O–H groups in total. The summed E-state index contributed by atoms with van der Waals surface area (Å²) >= 11 is 0. The van der Waals surface area contributed by atoms with E-state index in [4.69, 9.17) is 0 Å². The quantitative estimate of drug-likeness (QED) is 0.772. The minimum atomic E-state index is 0.380. The molecule has 0 radical (unpaired) electrons.